The standard InChI is InChI=1S/C15H16N2O5/c1-15(2)11-6-16(7-12(11)15)13(18)8-3-9(14(19)20)5-10(4-8)17(21)22/h3-5,11-12H,6-7H2,1-2H3,(H,19,20). The average molecular weight is 304 g/mol. The molecule has 1 saturated heterocycles. The zero-order chi connectivity index (χ0) is 16.2. The molecular weight excluding hydrogens is 288 g/mol. The molecule has 1 aromatic carbocycles. The maximum atomic E-state index is 12.5. The van der Waals surface area contributed by atoms with Crippen molar-refractivity contribution in [2.75, 3.05) is 13.1 Å². The van der Waals surface area contributed by atoms with Crippen molar-refractivity contribution in [3.05, 3.63) is 39.4 Å². The lowest BCUT2D eigenvalue weighted by atomic mass is 10.0. The molecule has 1 saturated carbocycles. The van der Waals surface area contributed by atoms with Crippen LogP contribution in [0.4, 0.5) is 5.69 Å². The number of hydrogen-bond acceptors (Lipinski definition) is 4. The number of nitrogens with zero attached hydrogens (tertiary/aromatic N) is 2. The monoisotopic (exact) mass is 304 g/mol. The second-order valence-corrected chi connectivity index (χ2v) is 6.58. The van der Waals surface area contributed by atoms with Gasteiger partial charge in [0.15, 0.2) is 0 Å². The minimum Gasteiger partial charge on any atom is -0.478 e. The zero-order valence-corrected chi connectivity index (χ0v) is 12.3. The largest absolute Gasteiger partial charge is 0.478 e. The molecule has 2 aliphatic rings. The molecule has 2 atom stereocenters. The summed E-state index contributed by atoms with van der Waals surface area (Å²) < 4.78 is 0. The molecule has 0 spiro atoms. The van der Waals surface area contributed by atoms with E-state index in [4.69, 9.17) is 5.11 Å². The average Bonchev–Trinajstić information content (AvgIpc) is 2.82. The Kier molecular flexibility index (Phi) is 2.98. The fourth-order valence-electron chi connectivity index (χ4n) is 3.44. The molecule has 2 fully saturated rings. The van der Waals surface area contributed by atoms with Gasteiger partial charge in [0, 0.05) is 30.8 Å². The normalized spacial score (nSPS) is 24.7. The summed E-state index contributed by atoms with van der Waals surface area (Å²) in [5.41, 5.74) is -0.313. The number of aromatic carboxylic acids is 1. The van der Waals surface area contributed by atoms with E-state index in [2.05, 4.69) is 13.8 Å². The summed E-state index contributed by atoms with van der Waals surface area (Å²) in [4.78, 5) is 35.4. The van der Waals surface area contributed by atoms with Crippen LogP contribution in [0.15, 0.2) is 18.2 Å². The van der Waals surface area contributed by atoms with Gasteiger partial charge < -0.3 is 10.0 Å². The van der Waals surface area contributed by atoms with Crippen LogP contribution in [-0.2, 0) is 0 Å². The number of carboxylic acid groups (broad SMARTS) is 1. The lowest BCUT2D eigenvalue weighted by Gasteiger charge is -2.22. The number of fused-ring (bicyclic) bond motifs is 1. The number of nitro benzene ring substituents is 1. The van der Waals surface area contributed by atoms with Crippen molar-refractivity contribution < 1.29 is 19.6 Å². The maximum Gasteiger partial charge on any atom is 0.335 e. The summed E-state index contributed by atoms with van der Waals surface area (Å²) in [5, 5.41) is 19.9. The van der Waals surface area contributed by atoms with Gasteiger partial charge >= 0.3 is 5.97 Å². The number of likely N-dealkylation sites (tertiary alicyclic amines) is 1. The van der Waals surface area contributed by atoms with E-state index < -0.39 is 10.9 Å². The van der Waals surface area contributed by atoms with Crippen molar-refractivity contribution in [2.45, 2.75) is 13.8 Å². The summed E-state index contributed by atoms with van der Waals surface area (Å²) in [7, 11) is 0. The van der Waals surface area contributed by atoms with Crippen LogP contribution >= 0.6 is 0 Å². The third-order valence-corrected chi connectivity index (χ3v) is 5.03. The van der Waals surface area contributed by atoms with Crippen molar-refractivity contribution >= 4 is 17.6 Å². The number of carboxylic acids is 1. The van der Waals surface area contributed by atoms with E-state index in [0.717, 1.165) is 12.1 Å². The van der Waals surface area contributed by atoms with E-state index in [-0.39, 0.29) is 28.1 Å². The minimum absolute atomic E-state index is 0.0608. The van der Waals surface area contributed by atoms with Crippen LogP contribution in [0.5, 0.6) is 0 Å². The van der Waals surface area contributed by atoms with Gasteiger partial charge in [0.05, 0.1) is 10.5 Å². The Morgan fingerprint density at radius 2 is 1.77 bits per heavy atom. The van der Waals surface area contributed by atoms with Gasteiger partial charge in [-0.05, 0) is 23.3 Å². The number of amides is 1. The number of non-ortho nitro benzene ring substituents is 1. The van der Waals surface area contributed by atoms with Crippen LogP contribution in [0, 0.1) is 27.4 Å². The molecule has 1 amide bonds. The van der Waals surface area contributed by atoms with Gasteiger partial charge in [-0.15, -0.1) is 0 Å². The van der Waals surface area contributed by atoms with Gasteiger partial charge in [0.1, 0.15) is 0 Å². The lowest BCUT2D eigenvalue weighted by Crippen LogP contribution is -2.33. The molecule has 2 unspecified atom stereocenters. The molecule has 3 rings (SSSR count). The third-order valence-electron chi connectivity index (χ3n) is 5.03. The predicted octanol–water partition coefficient (Wildman–Crippen LogP) is 2.02. The van der Waals surface area contributed by atoms with E-state index in [0.29, 0.717) is 24.9 Å². The van der Waals surface area contributed by atoms with Crippen LogP contribution < -0.4 is 0 Å². The van der Waals surface area contributed by atoms with Crippen molar-refractivity contribution in [2.24, 2.45) is 17.3 Å². The Bertz CT molecular complexity index is 651. The number of nitro groups is 1. The Morgan fingerprint density at radius 1 is 1.23 bits per heavy atom. The molecule has 116 valence electrons. The molecule has 22 heavy (non-hydrogen) atoms. The first-order chi connectivity index (χ1) is 10.2. The van der Waals surface area contributed by atoms with Crippen molar-refractivity contribution in [3.8, 4) is 0 Å². The molecule has 1 aliphatic heterocycles. The number of carbonyl (C=O) groups is 2. The highest BCUT2D eigenvalue weighted by Crippen LogP contribution is 2.62. The summed E-state index contributed by atoms with van der Waals surface area (Å²) >= 11 is 0. The first kappa shape index (κ1) is 14.5. The minimum atomic E-state index is -1.29. The van der Waals surface area contributed by atoms with Gasteiger partial charge in [-0.1, -0.05) is 13.8 Å². The van der Waals surface area contributed by atoms with Crippen molar-refractivity contribution in [1.29, 1.82) is 0 Å². The van der Waals surface area contributed by atoms with Gasteiger partial charge in [0.25, 0.3) is 11.6 Å². The fraction of sp³-hybridized carbons (Fsp3) is 0.467. The van der Waals surface area contributed by atoms with E-state index in [1.807, 2.05) is 0 Å². The molecule has 1 N–H and O–H groups in total. The van der Waals surface area contributed by atoms with Crippen molar-refractivity contribution in [1.82, 2.24) is 4.90 Å². The van der Waals surface area contributed by atoms with Crippen LogP contribution in [0.25, 0.3) is 0 Å². The Morgan fingerprint density at radius 3 is 2.27 bits per heavy atom. The fourth-order valence-corrected chi connectivity index (χ4v) is 3.44. The first-order valence-electron chi connectivity index (χ1n) is 7.04. The van der Waals surface area contributed by atoms with Gasteiger partial charge in [-0.25, -0.2) is 4.79 Å². The maximum absolute atomic E-state index is 12.5. The van der Waals surface area contributed by atoms with E-state index >= 15 is 0 Å². The molecule has 1 aliphatic carbocycles. The molecular formula is C15H16N2O5. The highest BCUT2D eigenvalue weighted by molar-refractivity contribution is 5.98. The van der Waals surface area contributed by atoms with E-state index in [9.17, 15) is 19.7 Å². The number of carbonyl (C=O) groups excluding carboxylic acids is 1. The summed E-state index contributed by atoms with van der Waals surface area (Å²) in [6.45, 7) is 5.59. The molecule has 7 nitrogen and oxygen atoms in total. The highest BCUT2D eigenvalue weighted by atomic mass is 16.6. The second-order valence-electron chi connectivity index (χ2n) is 6.58. The molecule has 0 bridgehead atoms. The van der Waals surface area contributed by atoms with E-state index in [1.165, 1.54) is 6.07 Å². The quantitative estimate of drug-likeness (QED) is 0.680. The second kappa shape index (κ2) is 4.53. The Hall–Kier alpha value is -2.44. The Labute approximate surface area is 126 Å². The van der Waals surface area contributed by atoms with Gasteiger partial charge in [0.2, 0.25) is 0 Å². The van der Waals surface area contributed by atoms with Crippen LogP contribution in [0.3, 0.4) is 0 Å². The topological polar surface area (TPSA) is 101 Å². The molecule has 7 heteroatoms. The van der Waals surface area contributed by atoms with Crippen LogP contribution in [0.2, 0.25) is 0 Å². The smallest absolute Gasteiger partial charge is 0.335 e. The molecule has 1 heterocycles. The predicted molar refractivity (Wildman–Crippen MR) is 76.7 cm³/mol. The summed E-state index contributed by atoms with van der Waals surface area (Å²) in [5.74, 6) is -0.694. The molecule has 0 aromatic heterocycles. The van der Waals surface area contributed by atoms with Gasteiger partial charge in [-0.2, -0.15) is 0 Å². The lowest BCUT2D eigenvalue weighted by molar-refractivity contribution is -0.384. The summed E-state index contributed by atoms with van der Waals surface area (Å²) in [6, 6.07) is 3.31. The van der Waals surface area contributed by atoms with Crippen LogP contribution in [-0.4, -0.2) is 39.9 Å². The highest BCUT2D eigenvalue weighted by Gasteiger charge is 2.62. The van der Waals surface area contributed by atoms with Gasteiger partial charge in [-0.3, -0.25) is 14.9 Å². The summed E-state index contributed by atoms with van der Waals surface area (Å²) in [6.07, 6.45) is 0. The third kappa shape index (κ3) is 2.13. The molecule has 0 radical (unpaired) electrons. The zero-order valence-electron chi connectivity index (χ0n) is 12.3. The number of hydrogen-bond donors (Lipinski definition) is 1. The van der Waals surface area contributed by atoms with E-state index in [1.54, 1.807) is 4.90 Å². The first-order valence-corrected chi connectivity index (χ1v) is 7.04. The van der Waals surface area contributed by atoms with Crippen LogP contribution in [0.1, 0.15) is 34.6 Å². The number of piperidine rings is 1. The number of rotatable bonds is 3. The number of benzene rings is 1. The van der Waals surface area contributed by atoms with Crippen molar-refractivity contribution in [3.63, 3.8) is 0 Å². The molecule has 1 aromatic rings. The SMILES string of the molecule is CC1(C)C2CN(C(=O)c3cc(C(=O)O)cc([N+](=O)[O-])c3)CC21. The Balaban J connectivity index is 1.87.